The molecule has 3 aromatic rings. The van der Waals surface area contributed by atoms with Crippen LogP contribution in [0.25, 0.3) is 11.3 Å². The number of aromatic amines is 1. The van der Waals surface area contributed by atoms with Gasteiger partial charge >= 0.3 is 0 Å². The number of rotatable bonds is 4. The van der Waals surface area contributed by atoms with Gasteiger partial charge in [0, 0.05) is 12.1 Å². The van der Waals surface area contributed by atoms with Crippen LogP contribution in [0, 0.1) is 6.92 Å². The molecule has 1 N–H and O–H groups in total. The minimum atomic E-state index is -0.123. The summed E-state index contributed by atoms with van der Waals surface area (Å²) in [5, 5.41) is 14.9. The van der Waals surface area contributed by atoms with Gasteiger partial charge in [-0.3, -0.25) is 9.89 Å². The number of benzene rings is 1. The Bertz CT molecular complexity index is 932. The molecule has 0 unspecified atom stereocenters. The molecule has 0 bridgehead atoms. The maximum atomic E-state index is 13.2. The number of hydrogen-bond donors (Lipinski definition) is 1. The number of nitrogens with zero attached hydrogens (tertiary/aromatic N) is 4. The molecule has 0 radical (unpaired) electrons. The fourth-order valence-corrected chi connectivity index (χ4v) is 3.44. The Kier molecular flexibility index (Phi) is 4.16. The maximum absolute atomic E-state index is 13.2. The summed E-state index contributed by atoms with van der Waals surface area (Å²) in [4.78, 5) is 15.0. The van der Waals surface area contributed by atoms with Gasteiger partial charge < -0.3 is 9.64 Å². The topological polar surface area (TPSA) is 97.1 Å². The second kappa shape index (κ2) is 6.62. The molecule has 1 aliphatic heterocycles. The Morgan fingerprint density at radius 2 is 2.27 bits per heavy atom. The van der Waals surface area contributed by atoms with E-state index in [1.165, 1.54) is 0 Å². The molecular weight excluding hydrogens is 334 g/mol. The predicted molar refractivity (Wildman–Crippen MR) is 92.6 cm³/mol. The number of carbonyl (C=O) groups excluding carboxylic acids is 1. The first-order chi connectivity index (χ1) is 12.7. The third kappa shape index (κ3) is 2.73. The van der Waals surface area contributed by atoms with Crippen LogP contribution in [-0.4, -0.2) is 45.0 Å². The zero-order valence-corrected chi connectivity index (χ0v) is 14.6. The van der Waals surface area contributed by atoms with Crippen molar-refractivity contribution in [3.8, 4) is 17.0 Å². The van der Waals surface area contributed by atoms with Crippen molar-refractivity contribution in [2.24, 2.45) is 0 Å². The molecule has 134 valence electrons. The second-order valence-electron chi connectivity index (χ2n) is 6.28. The van der Waals surface area contributed by atoms with Crippen molar-refractivity contribution in [2.45, 2.75) is 25.8 Å². The number of aromatic nitrogens is 4. The summed E-state index contributed by atoms with van der Waals surface area (Å²) in [5.74, 6) is 0.639. The second-order valence-corrected chi connectivity index (χ2v) is 6.28. The van der Waals surface area contributed by atoms with Gasteiger partial charge in [-0.1, -0.05) is 22.4 Å². The Hall–Kier alpha value is -3.16. The summed E-state index contributed by atoms with van der Waals surface area (Å²) in [7, 11) is 1.61. The van der Waals surface area contributed by atoms with Crippen LogP contribution >= 0.6 is 0 Å². The number of likely N-dealkylation sites (tertiary alicyclic amines) is 1. The minimum absolute atomic E-state index is 0.0820. The van der Waals surface area contributed by atoms with Gasteiger partial charge in [0.2, 0.25) is 0 Å². The largest absolute Gasteiger partial charge is 0.497 e. The number of methoxy groups -OCH3 is 1. The number of carbonyl (C=O) groups is 1. The number of nitrogens with one attached hydrogen (secondary N) is 1. The van der Waals surface area contributed by atoms with Gasteiger partial charge in [-0.25, -0.2) is 4.63 Å². The summed E-state index contributed by atoms with van der Waals surface area (Å²) in [6.07, 6.45) is 3.32. The molecule has 1 aliphatic rings. The highest BCUT2D eigenvalue weighted by Gasteiger charge is 2.35. The van der Waals surface area contributed by atoms with Crippen LogP contribution in [0.15, 0.2) is 35.1 Å². The van der Waals surface area contributed by atoms with Gasteiger partial charge in [0.25, 0.3) is 5.91 Å². The Labute approximate surface area is 150 Å². The van der Waals surface area contributed by atoms with E-state index in [0.29, 0.717) is 17.8 Å². The molecule has 1 aromatic carbocycles. The van der Waals surface area contributed by atoms with Crippen molar-refractivity contribution in [3.05, 3.63) is 47.4 Å². The molecular formula is C18H19N5O3. The number of hydrogen-bond acceptors (Lipinski definition) is 6. The van der Waals surface area contributed by atoms with Crippen molar-refractivity contribution in [1.82, 2.24) is 25.4 Å². The van der Waals surface area contributed by atoms with E-state index in [1.54, 1.807) is 13.3 Å². The lowest BCUT2D eigenvalue weighted by molar-refractivity contribution is 0.0731. The van der Waals surface area contributed by atoms with Gasteiger partial charge in [0.15, 0.2) is 0 Å². The Morgan fingerprint density at radius 3 is 3.04 bits per heavy atom. The molecule has 8 heteroatoms. The van der Waals surface area contributed by atoms with E-state index >= 15 is 0 Å². The first-order valence-electron chi connectivity index (χ1n) is 8.47. The van der Waals surface area contributed by atoms with Crippen molar-refractivity contribution < 1.29 is 14.2 Å². The first kappa shape index (κ1) is 16.3. The molecule has 3 heterocycles. The molecule has 8 nitrogen and oxygen atoms in total. The number of H-pyrrole nitrogens is 1. The zero-order valence-electron chi connectivity index (χ0n) is 14.6. The third-order valence-corrected chi connectivity index (χ3v) is 4.75. The highest BCUT2D eigenvalue weighted by atomic mass is 16.6. The number of ether oxygens (including phenoxy) is 1. The molecule has 0 spiro atoms. The molecule has 1 fully saturated rings. The molecule has 1 amide bonds. The fraction of sp³-hybridized carbons (Fsp3) is 0.333. The van der Waals surface area contributed by atoms with E-state index in [9.17, 15) is 4.79 Å². The van der Waals surface area contributed by atoms with Crippen LogP contribution in [0.1, 0.15) is 40.6 Å². The van der Waals surface area contributed by atoms with Crippen LogP contribution in [0.4, 0.5) is 0 Å². The first-order valence-corrected chi connectivity index (χ1v) is 8.47. The monoisotopic (exact) mass is 353 g/mol. The van der Waals surface area contributed by atoms with Gasteiger partial charge in [-0.15, -0.1) is 0 Å². The van der Waals surface area contributed by atoms with Crippen LogP contribution in [-0.2, 0) is 0 Å². The van der Waals surface area contributed by atoms with E-state index < -0.39 is 0 Å². The van der Waals surface area contributed by atoms with Crippen LogP contribution < -0.4 is 4.74 Å². The standard InChI is InChI=1S/C18H19N5O3/c1-11-16(22-26-21-11)15-7-4-8-23(15)18(24)14-10-19-20-17(14)12-5-3-6-13(9-12)25-2/h3,5-6,9-10,15H,4,7-8H2,1-2H3,(H,19,20)/t15-/m1/s1. The maximum Gasteiger partial charge on any atom is 0.258 e. The van der Waals surface area contributed by atoms with E-state index in [4.69, 9.17) is 9.37 Å². The molecule has 4 rings (SSSR count). The summed E-state index contributed by atoms with van der Waals surface area (Å²) in [6, 6.07) is 7.41. The third-order valence-electron chi connectivity index (χ3n) is 4.75. The summed E-state index contributed by atoms with van der Waals surface area (Å²) >= 11 is 0. The molecule has 1 saturated heterocycles. The Morgan fingerprint density at radius 1 is 1.38 bits per heavy atom. The highest BCUT2D eigenvalue weighted by molar-refractivity contribution is 6.00. The lowest BCUT2D eigenvalue weighted by atomic mass is 10.1. The van der Waals surface area contributed by atoms with E-state index in [0.717, 1.165) is 35.5 Å². The van der Waals surface area contributed by atoms with E-state index in [-0.39, 0.29) is 11.9 Å². The lowest BCUT2D eigenvalue weighted by Gasteiger charge is -2.23. The normalized spacial score (nSPS) is 16.8. The van der Waals surface area contributed by atoms with Crippen molar-refractivity contribution in [2.75, 3.05) is 13.7 Å². The van der Waals surface area contributed by atoms with Gasteiger partial charge in [0.05, 0.1) is 30.6 Å². The highest BCUT2D eigenvalue weighted by Crippen LogP contribution is 2.35. The van der Waals surface area contributed by atoms with Crippen molar-refractivity contribution in [1.29, 1.82) is 0 Å². The molecule has 1 atom stereocenters. The van der Waals surface area contributed by atoms with Crippen molar-refractivity contribution in [3.63, 3.8) is 0 Å². The fourth-order valence-electron chi connectivity index (χ4n) is 3.44. The van der Waals surface area contributed by atoms with E-state index in [2.05, 4.69) is 20.5 Å². The average Bonchev–Trinajstić information content (AvgIpc) is 3.41. The lowest BCUT2D eigenvalue weighted by Crippen LogP contribution is -2.31. The summed E-state index contributed by atoms with van der Waals surface area (Å²) < 4.78 is 10.1. The molecule has 2 aromatic heterocycles. The molecule has 0 aliphatic carbocycles. The number of aryl methyl sites for hydroxylation is 1. The van der Waals surface area contributed by atoms with Gasteiger partial charge in [-0.05, 0) is 31.9 Å². The van der Waals surface area contributed by atoms with Gasteiger partial charge in [-0.2, -0.15) is 5.10 Å². The quantitative estimate of drug-likeness (QED) is 0.774. The van der Waals surface area contributed by atoms with Crippen LogP contribution in [0.3, 0.4) is 0 Å². The Balaban J connectivity index is 1.67. The van der Waals surface area contributed by atoms with E-state index in [1.807, 2.05) is 36.1 Å². The van der Waals surface area contributed by atoms with Crippen molar-refractivity contribution >= 4 is 5.91 Å². The zero-order chi connectivity index (χ0) is 18.1. The summed E-state index contributed by atoms with van der Waals surface area (Å²) in [6.45, 7) is 2.50. The molecule has 26 heavy (non-hydrogen) atoms. The average molecular weight is 353 g/mol. The summed E-state index contributed by atoms with van der Waals surface area (Å²) in [5.41, 5.74) is 3.49. The van der Waals surface area contributed by atoms with Crippen LogP contribution in [0.2, 0.25) is 0 Å². The van der Waals surface area contributed by atoms with Gasteiger partial charge in [0.1, 0.15) is 17.1 Å². The molecule has 0 saturated carbocycles. The smallest absolute Gasteiger partial charge is 0.258 e. The van der Waals surface area contributed by atoms with Crippen LogP contribution in [0.5, 0.6) is 5.75 Å². The predicted octanol–water partition coefficient (Wildman–Crippen LogP) is 2.75. The minimum Gasteiger partial charge on any atom is -0.497 e. The number of amides is 1. The SMILES string of the molecule is COc1cccc(-c2[nH]ncc2C(=O)N2CCC[C@@H]2c2nonc2C)c1.